The number of aromatic nitrogens is 2. The van der Waals surface area contributed by atoms with Gasteiger partial charge in [0.15, 0.2) is 0 Å². The number of piperidine rings is 1. The predicted molar refractivity (Wildman–Crippen MR) is 140 cm³/mol. The van der Waals surface area contributed by atoms with Crippen LogP contribution < -0.4 is 15.8 Å². The van der Waals surface area contributed by atoms with Crippen LogP contribution in [0.2, 0.25) is 0 Å². The van der Waals surface area contributed by atoms with Crippen LogP contribution in [-0.2, 0) is 11.8 Å². The first-order chi connectivity index (χ1) is 17.3. The topological polar surface area (TPSA) is 79.6 Å². The van der Waals surface area contributed by atoms with Crippen LogP contribution in [0.4, 0.5) is 15.8 Å². The Bertz CT molecular complexity index is 1320. The minimum atomic E-state index is -0.419. The van der Waals surface area contributed by atoms with Crippen LogP contribution in [0.25, 0.3) is 10.9 Å². The van der Waals surface area contributed by atoms with Crippen molar-refractivity contribution in [1.82, 2.24) is 9.55 Å². The van der Waals surface area contributed by atoms with E-state index in [0.29, 0.717) is 30.7 Å². The van der Waals surface area contributed by atoms with Gasteiger partial charge in [-0.3, -0.25) is 9.36 Å². The van der Waals surface area contributed by atoms with Crippen molar-refractivity contribution in [1.29, 1.82) is 0 Å². The highest BCUT2D eigenvalue weighted by atomic mass is 19.1. The van der Waals surface area contributed by atoms with Crippen LogP contribution >= 0.6 is 0 Å². The van der Waals surface area contributed by atoms with Gasteiger partial charge in [-0.05, 0) is 69.4 Å². The standard InChI is InChI=1S/C28H35FN4O3/c1-17-13-22(26-23(14-17)28(35)32(3)27(31-26)19-8-11-36-12-9-19)18(2)30-24-7-6-20(29)15-25(24)33-10-4-5-21(34)16-33/h6-7,13-15,18-19,21,30,34H,4-5,8-12,16H2,1-3H3/t18-,21-/m1/s1. The highest BCUT2D eigenvalue weighted by molar-refractivity contribution is 5.83. The Balaban J connectivity index is 1.55. The summed E-state index contributed by atoms with van der Waals surface area (Å²) in [5.41, 5.74) is 4.13. The van der Waals surface area contributed by atoms with Gasteiger partial charge in [0, 0.05) is 44.8 Å². The molecule has 0 unspecified atom stereocenters. The molecular formula is C28H35FN4O3. The zero-order chi connectivity index (χ0) is 25.4. The van der Waals surface area contributed by atoms with Crippen LogP contribution in [0.3, 0.4) is 0 Å². The van der Waals surface area contributed by atoms with Crippen molar-refractivity contribution in [2.45, 2.75) is 57.6 Å². The molecule has 7 nitrogen and oxygen atoms in total. The number of aryl methyl sites for hydroxylation is 1. The number of ether oxygens (including phenoxy) is 1. The number of aliphatic hydroxyl groups is 1. The second kappa shape index (κ2) is 10.2. The van der Waals surface area contributed by atoms with E-state index in [1.807, 2.05) is 24.8 Å². The Kier molecular flexibility index (Phi) is 6.99. The van der Waals surface area contributed by atoms with Crippen LogP contribution in [0, 0.1) is 12.7 Å². The summed E-state index contributed by atoms with van der Waals surface area (Å²) in [6, 6.07) is 8.53. The Hall–Kier alpha value is -2.97. The quantitative estimate of drug-likeness (QED) is 0.547. The summed E-state index contributed by atoms with van der Waals surface area (Å²) < 4.78 is 21.5. The van der Waals surface area contributed by atoms with Crippen molar-refractivity contribution < 1.29 is 14.2 Å². The molecule has 2 saturated heterocycles. The molecule has 3 aromatic rings. The minimum absolute atomic E-state index is 0.0385. The van der Waals surface area contributed by atoms with Crippen LogP contribution in [0.15, 0.2) is 35.1 Å². The lowest BCUT2D eigenvalue weighted by molar-refractivity contribution is 0.0828. The second-order valence-electron chi connectivity index (χ2n) is 10.2. The monoisotopic (exact) mass is 494 g/mol. The molecule has 2 aromatic carbocycles. The molecule has 3 heterocycles. The van der Waals surface area contributed by atoms with Gasteiger partial charge in [-0.1, -0.05) is 6.07 Å². The van der Waals surface area contributed by atoms with Gasteiger partial charge in [-0.2, -0.15) is 0 Å². The number of nitrogens with zero attached hydrogens (tertiary/aromatic N) is 3. The first-order valence-corrected chi connectivity index (χ1v) is 12.9. The molecule has 2 aliphatic heterocycles. The van der Waals surface area contributed by atoms with Crippen molar-refractivity contribution in [3.05, 3.63) is 63.5 Å². The first kappa shape index (κ1) is 24.7. The van der Waals surface area contributed by atoms with E-state index in [1.54, 1.807) is 17.7 Å². The summed E-state index contributed by atoms with van der Waals surface area (Å²) in [5.74, 6) is 0.681. The highest BCUT2D eigenvalue weighted by Crippen LogP contribution is 2.34. The number of hydrogen-bond acceptors (Lipinski definition) is 6. The molecule has 8 heteroatoms. The number of hydrogen-bond donors (Lipinski definition) is 2. The van der Waals surface area contributed by atoms with E-state index < -0.39 is 6.10 Å². The smallest absolute Gasteiger partial charge is 0.261 e. The molecule has 0 aliphatic carbocycles. The fourth-order valence-electron chi connectivity index (χ4n) is 5.59. The van der Waals surface area contributed by atoms with Crippen molar-refractivity contribution in [3.63, 3.8) is 0 Å². The fraction of sp³-hybridized carbons (Fsp3) is 0.500. The SMILES string of the molecule is Cc1cc([C@@H](C)Nc2ccc(F)cc2N2CCC[C@@H](O)C2)c2nc(C3CCOCC3)n(C)c(=O)c2c1. The van der Waals surface area contributed by atoms with Gasteiger partial charge in [-0.15, -0.1) is 0 Å². The lowest BCUT2D eigenvalue weighted by Gasteiger charge is -2.34. The molecule has 1 aromatic heterocycles. The van der Waals surface area contributed by atoms with E-state index in [0.717, 1.165) is 60.6 Å². The average Bonchev–Trinajstić information content (AvgIpc) is 2.87. The van der Waals surface area contributed by atoms with Gasteiger partial charge in [0.25, 0.3) is 5.56 Å². The fourth-order valence-corrected chi connectivity index (χ4v) is 5.59. The molecule has 2 aliphatic rings. The third kappa shape index (κ3) is 4.84. The maximum absolute atomic E-state index is 14.3. The lowest BCUT2D eigenvalue weighted by atomic mass is 9.97. The molecule has 2 N–H and O–H groups in total. The largest absolute Gasteiger partial charge is 0.391 e. The lowest BCUT2D eigenvalue weighted by Crippen LogP contribution is -2.38. The summed E-state index contributed by atoms with van der Waals surface area (Å²) in [7, 11) is 1.81. The molecule has 36 heavy (non-hydrogen) atoms. The van der Waals surface area contributed by atoms with E-state index in [1.165, 1.54) is 12.1 Å². The minimum Gasteiger partial charge on any atom is -0.391 e. The van der Waals surface area contributed by atoms with Crippen LogP contribution in [-0.4, -0.2) is 47.1 Å². The van der Waals surface area contributed by atoms with E-state index >= 15 is 0 Å². The molecule has 0 saturated carbocycles. The summed E-state index contributed by atoms with van der Waals surface area (Å²) in [5, 5.41) is 14.4. The van der Waals surface area contributed by atoms with Gasteiger partial charge in [-0.25, -0.2) is 9.37 Å². The molecule has 2 atom stereocenters. The Labute approximate surface area is 210 Å². The van der Waals surface area contributed by atoms with Gasteiger partial charge < -0.3 is 20.1 Å². The number of nitrogens with one attached hydrogen (secondary N) is 1. The van der Waals surface area contributed by atoms with Crippen LogP contribution in [0.5, 0.6) is 0 Å². The van der Waals surface area contributed by atoms with Gasteiger partial charge in [0.1, 0.15) is 11.6 Å². The van der Waals surface area contributed by atoms with Crippen molar-refractivity contribution in [2.75, 3.05) is 36.5 Å². The number of rotatable bonds is 5. The second-order valence-corrected chi connectivity index (χ2v) is 10.2. The first-order valence-electron chi connectivity index (χ1n) is 12.9. The Morgan fingerprint density at radius 2 is 1.97 bits per heavy atom. The normalized spacial score (nSPS) is 20.0. The molecule has 5 rings (SSSR count). The number of anilines is 2. The van der Waals surface area contributed by atoms with Crippen molar-refractivity contribution >= 4 is 22.3 Å². The van der Waals surface area contributed by atoms with Crippen molar-refractivity contribution in [3.8, 4) is 0 Å². The zero-order valence-corrected chi connectivity index (χ0v) is 21.3. The molecule has 0 bridgehead atoms. The van der Waals surface area contributed by atoms with Gasteiger partial charge in [0.2, 0.25) is 0 Å². The maximum atomic E-state index is 14.3. The third-order valence-electron chi connectivity index (χ3n) is 7.51. The predicted octanol–water partition coefficient (Wildman–Crippen LogP) is 4.41. The molecule has 0 radical (unpaired) electrons. The van der Waals surface area contributed by atoms with Gasteiger partial charge in [0.05, 0.1) is 34.4 Å². The maximum Gasteiger partial charge on any atom is 0.261 e. The van der Waals surface area contributed by atoms with E-state index in [-0.39, 0.29) is 23.3 Å². The molecule has 0 amide bonds. The summed E-state index contributed by atoms with van der Waals surface area (Å²) in [6.45, 7) is 6.63. The van der Waals surface area contributed by atoms with Gasteiger partial charge >= 0.3 is 0 Å². The van der Waals surface area contributed by atoms with Crippen molar-refractivity contribution in [2.24, 2.45) is 7.05 Å². The summed E-state index contributed by atoms with van der Waals surface area (Å²) in [6.07, 6.45) is 2.90. The van der Waals surface area contributed by atoms with E-state index in [2.05, 4.69) is 11.4 Å². The zero-order valence-electron chi connectivity index (χ0n) is 21.3. The molecular weight excluding hydrogens is 459 g/mol. The number of halogens is 1. The number of benzene rings is 2. The Morgan fingerprint density at radius 1 is 1.19 bits per heavy atom. The number of aliphatic hydroxyl groups excluding tert-OH is 1. The summed E-state index contributed by atoms with van der Waals surface area (Å²) >= 11 is 0. The van der Waals surface area contributed by atoms with E-state index in [4.69, 9.17) is 9.72 Å². The number of β-amino-alcohol motifs (C(OH)–C–C–N with tert-alkyl or cyclic N) is 1. The Morgan fingerprint density at radius 3 is 2.72 bits per heavy atom. The molecule has 192 valence electrons. The molecule has 0 spiro atoms. The molecule has 2 fully saturated rings. The highest BCUT2D eigenvalue weighted by Gasteiger charge is 2.25. The third-order valence-corrected chi connectivity index (χ3v) is 7.51. The average molecular weight is 495 g/mol. The number of fused-ring (bicyclic) bond motifs is 1. The van der Waals surface area contributed by atoms with Crippen LogP contribution in [0.1, 0.15) is 61.5 Å². The van der Waals surface area contributed by atoms with E-state index in [9.17, 15) is 14.3 Å². The summed E-state index contributed by atoms with van der Waals surface area (Å²) in [4.78, 5) is 20.5.